The largest absolute Gasteiger partial charge is 0.497 e. The van der Waals surface area contributed by atoms with E-state index in [0.29, 0.717) is 18.6 Å². The molecule has 1 aromatic carbocycles. The number of carbonyl (C=O) groups is 1. The summed E-state index contributed by atoms with van der Waals surface area (Å²) in [6.45, 7) is 2.96. The van der Waals surface area contributed by atoms with E-state index in [-0.39, 0.29) is 11.9 Å². The molecule has 2 heterocycles. The molecule has 0 N–H and O–H groups in total. The Labute approximate surface area is 143 Å². The van der Waals surface area contributed by atoms with Crippen molar-refractivity contribution in [2.24, 2.45) is 0 Å². The van der Waals surface area contributed by atoms with Gasteiger partial charge in [-0.3, -0.25) is 9.69 Å². The Kier molecular flexibility index (Phi) is 4.46. The fraction of sp³-hybridized carbons (Fsp3) is 0.632. The van der Waals surface area contributed by atoms with Gasteiger partial charge in [-0.15, -0.1) is 0 Å². The molecule has 3 aliphatic rings. The van der Waals surface area contributed by atoms with Gasteiger partial charge in [-0.25, -0.2) is 0 Å². The average molecular weight is 330 g/mol. The number of carbonyl (C=O) groups excluding carboxylic acids is 1. The molecule has 2 saturated heterocycles. The third-order valence-corrected chi connectivity index (χ3v) is 5.47. The summed E-state index contributed by atoms with van der Waals surface area (Å²) in [6.07, 6.45) is 4.56. The molecule has 4 rings (SSSR count). The number of ether oxygens (including phenoxy) is 2. The first-order chi connectivity index (χ1) is 11.8. The highest BCUT2D eigenvalue weighted by Crippen LogP contribution is 2.35. The predicted molar refractivity (Wildman–Crippen MR) is 91.0 cm³/mol. The Morgan fingerprint density at radius 3 is 2.79 bits per heavy atom. The van der Waals surface area contributed by atoms with Crippen molar-refractivity contribution in [3.8, 4) is 5.75 Å². The summed E-state index contributed by atoms with van der Waals surface area (Å²) in [6, 6.07) is 9.37. The first-order valence-corrected chi connectivity index (χ1v) is 9.03. The van der Waals surface area contributed by atoms with Crippen LogP contribution < -0.4 is 4.74 Å². The molecule has 5 heteroatoms. The maximum atomic E-state index is 13.0. The molecule has 1 unspecified atom stereocenters. The van der Waals surface area contributed by atoms with E-state index in [1.807, 2.05) is 12.1 Å². The molecule has 1 amide bonds. The quantitative estimate of drug-likeness (QED) is 0.802. The van der Waals surface area contributed by atoms with Gasteiger partial charge >= 0.3 is 0 Å². The number of likely N-dealkylation sites (tertiary alicyclic amines) is 1. The van der Waals surface area contributed by atoms with Crippen LogP contribution in [0.4, 0.5) is 0 Å². The first-order valence-electron chi connectivity index (χ1n) is 9.03. The Balaban J connectivity index is 1.46. The van der Waals surface area contributed by atoms with Crippen LogP contribution >= 0.6 is 0 Å². The van der Waals surface area contributed by atoms with Gasteiger partial charge in [0.05, 0.1) is 39.0 Å². The lowest BCUT2D eigenvalue weighted by atomic mass is 10.0. The van der Waals surface area contributed by atoms with E-state index in [0.717, 1.165) is 38.3 Å². The topological polar surface area (TPSA) is 42.0 Å². The zero-order valence-corrected chi connectivity index (χ0v) is 14.3. The Bertz CT molecular complexity index is 598. The van der Waals surface area contributed by atoms with Gasteiger partial charge in [0.2, 0.25) is 5.91 Å². The molecule has 0 radical (unpaired) electrons. The van der Waals surface area contributed by atoms with Crippen molar-refractivity contribution in [3.05, 3.63) is 29.8 Å². The second kappa shape index (κ2) is 6.73. The molecule has 0 aromatic heterocycles. The van der Waals surface area contributed by atoms with Crippen molar-refractivity contribution in [2.45, 2.75) is 43.8 Å². The number of methoxy groups -OCH3 is 1. The van der Waals surface area contributed by atoms with Gasteiger partial charge < -0.3 is 14.4 Å². The number of rotatable bonds is 6. The van der Waals surface area contributed by atoms with E-state index in [1.165, 1.54) is 18.4 Å². The van der Waals surface area contributed by atoms with E-state index in [2.05, 4.69) is 21.9 Å². The molecular weight excluding hydrogens is 304 g/mol. The molecule has 130 valence electrons. The molecule has 1 aromatic rings. The highest BCUT2D eigenvalue weighted by Gasteiger charge is 2.40. The van der Waals surface area contributed by atoms with Crippen molar-refractivity contribution in [1.29, 1.82) is 0 Å². The average Bonchev–Trinajstić information content (AvgIpc) is 3.28. The fourth-order valence-corrected chi connectivity index (χ4v) is 3.88. The summed E-state index contributed by atoms with van der Waals surface area (Å²) in [5.41, 5.74) is 1.19. The number of nitrogens with zero attached hydrogens (tertiary/aromatic N) is 2. The zero-order chi connectivity index (χ0) is 16.5. The van der Waals surface area contributed by atoms with Crippen LogP contribution in [0.1, 0.15) is 37.3 Å². The SMILES string of the molecule is COc1cccc(C2CCCN2C(=O)CN(C2CC2)C2COC2)c1. The Hall–Kier alpha value is -1.59. The van der Waals surface area contributed by atoms with Gasteiger partial charge in [-0.05, 0) is 43.4 Å². The van der Waals surface area contributed by atoms with Crippen LogP contribution in [-0.2, 0) is 9.53 Å². The summed E-state index contributed by atoms with van der Waals surface area (Å²) in [5.74, 6) is 1.12. The maximum absolute atomic E-state index is 13.0. The van der Waals surface area contributed by atoms with Gasteiger partial charge in [-0.1, -0.05) is 12.1 Å². The van der Waals surface area contributed by atoms with Crippen molar-refractivity contribution in [2.75, 3.05) is 33.4 Å². The minimum Gasteiger partial charge on any atom is -0.497 e. The van der Waals surface area contributed by atoms with E-state index < -0.39 is 0 Å². The van der Waals surface area contributed by atoms with Crippen molar-refractivity contribution in [3.63, 3.8) is 0 Å². The number of amides is 1. The second-order valence-electron chi connectivity index (χ2n) is 7.12. The minimum absolute atomic E-state index is 0.186. The van der Waals surface area contributed by atoms with Gasteiger partial charge in [0.25, 0.3) is 0 Å². The lowest BCUT2D eigenvalue weighted by Crippen LogP contribution is -2.53. The second-order valence-corrected chi connectivity index (χ2v) is 7.12. The number of hydrogen-bond donors (Lipinski definition) is 0. The van der Waals surface area contributed by atoms with Crippen LogP contribution in [0.25, 0.3) is 0 Å². The van der Waals surface area contributed by atoms with Crippen LogP contribution in [0.5, 0.6) is 5.75 Å². The van der Waals surface area contributed by atoms with Crippen LogP contribution in [0.3, 0.4) is 0 Å². The molecule has 1 saturated carbocycles. The highest BCUT2D eigenvalue weighted by atomic mass is 16.5. The molecule has 0 bridgehead atoms. The van der Waals surface area contributed by atoms with Crippen molar-refractivity contribution >= 4 is 5.91 Å². The first kappa shape index (κ1) is 15.9. The molecule has 3 fully saturated rings. The molecule has 24 heavy (non-hydrogen) atoms. The fourth-order valence-electron chi connectivity index (χ4n) is 3.88. The normalized spacial score (nSPS) is 24.2. The third-order valence-electron chi connectivity index (χ3n) is 5.47. The van der Waals surface area contributed by atoms with Gasteiger partial charge in [-0.2, -0.15) is 0 Å². The van der Waals surface area contributed by atoms with Crippen LogP contribution in [0.2, 0.25) is 0 Å². The molecule has 0 spiro atoms. The molecule has 1 atom stereocenters. The lowest BCUT2D eigenvalue weighted by Gasteiger charge is -2.38. The summed E-state index contributed by atoms with van der Waals surface area (Å²) in [7, 11) is 1.69. The lowest BCUT2D eigenvalue weighted by molar-refractivity contribution is -0.138. The Morgan fingerprint density at radius 1 is 1.29 bits per heavy atom. The third kappa shape index (κ3) is 3.15. The molecule has 2 aliphatic heterocycles. The monoisotopic (exact) mass is 330 g/mol. The molecule has 5 nitrogen and oxygen atoms in total. The van der Waals surface area contributed by atoms with Crippen molar-refractivity contribution < 1.29 is 14.3 Å². The summed E-state index contributed by atoms with van der Waals surface area (Å²) >= 11 is 0. The van der Waals surface area contributed by atoms with Crippen LogP contribution in [0, 0.1) is 0 Å². The molecule has 1 aliphatic carbocycles. The predicted octanol–water partition coefficient (Wildman–Crippen LogP) is 2.22. The van der Waals surface area contributed by atoms with Crippen molar-refractivity contribution in [1.82, 2.24) is 9.80 Å². The highest BCUT2D eigenvalue weighted by molar-refractivity contribution is 5.79. The Morgan fingerprint density at radius 2 is 2.12 bits per heavy atom. The van der Waals surface area contributed by atoms with Gasteiger partial charge in [0, 0.05) is 12.6 Å². The maximum Gasteiger partial charge on any atom is 0.237 e. The standard InChI is InChI=1S/C19H26N2O3/c1-23-17-5-2-4-14(10-17)18-6-3-9-20(18)19(22)11-21(15-7-8-15)16-12-24-13-16/h2,4-5,10,15-16,18H,3,6-9,11-13H2,1H3. The van der Waals surface area contributed by atoms with Gasteiger partial charge in [0.15, 0.2) is 0 Å². The summed E-state index contributed by atoms with van der Waals surface area (Å²) in [4.78, 5) is 17.4. The zero-order valence-electron chi connectivity index (χ0n) is 14.3. The van der Waals surface area contributed by atoms with Gasteiger partial charge in [0.1, 0.15) is 5.75 Å². The van der Waals surface area contributed by atoms with Crippen LogP contribution in [0.15, 0.2) is 24.3 Å². The van der Waals surface area contributed by atoms with E-state index in [9.17, 15) is 4.79 Å². The minimum atomic E-state index is 0.186. The summed E-state index contributed by atoms with van der Waals surface area (Å²) in [5, 5.41) is 0. The van der Waals surface area contributed by atoms with E-state index in [1.54, 1.807) is 7.11 Å². The molecular formula is C19H26N2O3. The number of hydrogen-bond acceptors (Lipinski definition) is 4. The van der Waals surface area contributed by atoms with E-state index >= 15 is 0 Å². The van der Waals surface area contributed by atoms with E-state index in [4.69, 9.17) is 9.47 Å². The number of benzene rings is 1. The van der Waals surface area contributed by atoms with Crippen LogP contribution in [-0.4, -0.2) is 61.2 Å². The smallest absolute Gasteiger partial charge is 0.237 e. The summed E-state index contributed by atoms with van der Waals surface area (Å²) < 4.78 is 10.7.